The van der Waals surface area contributed by atoms with Crippen LogP contribution >= 0.6 is 23.5 Å². The predicted molar refractivity (Wildman–Crippen MR) is 124 cm³/mol. The smallest absolute Gasteiger partial charge is 0.234 e. The van der Waals surface area contributed by atoms with Crippen molar-refractivity contribution in [2.75, 3.05) is 18.2 Å². The lowest BCUT2D eigenvalue weighted by Crippen LogP contribution is -2.14. The van der Waals surface area contributed by atoms with Crippen molar-refractivity contribution in [3.8, 4) is 5.75 Å². The number of aromatic nitrogens is 5. The summed E-state index contributed by atoms with van der Waals surface area (Å²) in [5.41, 5.74) is 2.58. The number of hydrogen-bond acceptors (Lipinski definition) is 8. The number of anilines is 1. The van der Waals surface area contributed by atoms with Gasteiger partial charge in [0.1, 0.15) is 11.6 Å². The monoisotopic (exact) mass is 456 g/mol. The zero-order valence-corrected chi connectivity index (χ0v) is 19.3. The number of thioether (sulfide) groups is 2. The molecule has 1 aromatic carbocycles. The van der Waals surface area contributed by atoms with Crippen LogP contribution in [0.1, 0.15) is 17.2 Å². The molecule has 2 aromatic heterocycles. The molecule has 1 N–H and O–H groups in total. The fourth-order valence-electron chi connectivity index (χ4n) is 2.73. The van der Waals surface area contributed by atoms with Gasteiger partial charge < -0.3 is 14.6 Å². The molecule has 10 heteroatoms. The van der Waals surface area contributed by atoms with Crippen LogP contribution in [-0.2, 0) is 17.1 Å². The van der Waals surface area contributed by atoms with E-state index in [0.29, 0.717) is 28.3 Å². The van der Waals surface area contributed by atoms with E-state index in [1.165, 1.54) is 23.5 Å². The molecule has 162 valence electrons. The Kier molecular flexibility index (Phi) is 8.07. The van der Waals surface area contributed by atoms with Crippen LogP contribution in [0.25, 0.3) is 0 Å². The molecule has 1 amide bonds. The Morgan fingerprint density at radius 3 is 2.52 bits per heavy atom. The molecule has 0 saturated carbocycles. The fourth-order valence-corrected chi connectivity index (χ4v) is 4.39. The highest BCUT2D eigenvalue weighted by Crippen LogP contribution is 2.23. The van der Waals surface area contributed by atoms with Crippen molar-refractivity contribution in [2.24, 2.45) is 0 Å². The highest BCUT2D eigenvalue weighted by molar-refractivity contribution is 7.99. The van der Waals surface area contributed by atoms with E-state index in [-0.39, 0.29) is 11.7 Å². The standard InChI is InChI=1S/C21H24N6O2S2/c1-5-10-27-18(12-30-20-22-14(2)11-15(3)23-20)25-26-21(27)31-13-19(28)24-16-6-8-17(29-4)9-7-16/h5-9,11H,1,10,12-13H2,2-4H3,(H,24,28). The third-order valence-electron chi connectivity index (χ3n) is 4.10. The predicted octanol–water partition coefficient (Wildman–Crippen LogP) is 3.90. The van der Waals surface area contributed by atoms with E-state index in [1.54, 1.807) is 37.5 Å². The number of hydrogen-bond donors (Lipinski definition) is 1. The lowest BCUT2D eigenvalue weighted by atomic mass is 10.3. The second kappa shape index (κ2) is 11.0. The number of ether oxygens (including phenoxy) is 1. The molecule has 0 unspecified atom stereocenters. The Hall–Kier alpha value is -2.85. The summed E-state index contributed by atoms with van der Waals surface area (Å²) >= 11 is 2.84. The van der Waals surface area contributed by atoms with Gasteiger partial charge in [0.25, 0.3) is 0 Å². The van der Waals surface area contributed by atoms with Gasteiger partial charge in [0, 0.05) is 23.6 Å². The lowest BCUT2D eigenvalue weighted by Gasteiger charge is -2.08. The van der Waals surface area contributed by atoms with E-state index < -0.39 is 0 Å². The average Bonchev–Trinajstić information content (AvgIpc) is 3.12. The average molecular weight is 457 g/mol. The van der Waals surface area contributed by atoms with Crippen LogP contribution in [0.3, 0.4) is 0 Å². The van der Waals surface area contributed by atoms with Crippen molar-refractivity contribution in [2.45, 2.75) is 36.5 Å². The molecule has 3 rings (SSSR count). The van der Waals surface area contributed by atoms with Crippen LogP contribution in [0, 0.1) is 13.8 Å². The second-order valence-electron chi connectivity index (χ2n) is 6.59. The van der Waals surface area contributed by atoms with Gasteiger partial charge in [0.2, 0.25) is 5.91 Å². The molecule has 31 heavy (non-hydrogen) atoms. The molecule has 0 spiro atoms. The van der Waals surface area contributed by atoms with Crippen LogP contribution in [0.2, 0.25) is 0 Å². The largest absolute Gasteiger partial charge is 0.497 e. The van der Waals surface area contributed by atoms with E-state index in [4.69, 9.17) is 4.74 Å². The number of allylic oxidation sites excluding steroid dienone is 1. The van der Waals surface area contributed by atoms with Gasteiger partial charge in [0.05, 0.1) is 18.6 Å². The number of nitrogens with one attached hydrogen (secondary N) is 1. The molecule has 0 radical (unpaired) electrons. The van der Waals surface area contributed by atoms with E-state index in [9.17, 15) is 4.79 Å². The Morgan fingerprint density at radius 1 is 1.16 bits per heavy atom. The Balaban J connectivity index is 1.61. The Morgan fingerprint density at radius 2 is 1.87 bits per heavy atom. The van der Waals surface area contributed by atoms with Crippen molar-refractivity contribution < 1.29 is 9.53 Å². The number of aryl methyl sites for hydroxylation is 2. The maximum absolute atomic E-state index is 12.3. The van der Waals surface area contributed by atoms with Gasteiger partial charge >= 0.3 is 0 Å². The number of carbonyl (C=O) groups is 1. The minimum absolute atomic E-state index is 0.122. The van der Waals surface area contributed by atoms with Crippen molar-refractivity contribution in [1.29, 1.82) is 0 Å². The molecule has 8 nitrogen and oxygen atoms in total. The Bertz CT molecular complexity index is 1030. The molecular weight excluding hydrogens is 432 g/mol. The minimum atomic E-state index is -0.122. The SMILES string of the molecule is C=CCn1c(CSc2nc(C)cc(C)n2)nnc1SCC(=O)Nc1ccc(OC)cc1. The van der Waals surface area contributed by atoms with Crippen molar-refractivity contribution in [3.05, 3.63) is 60.2 Å². The van der Waals surface area contributed by atoms with Gasteiger partial charge in [-0.05, 0) is 44.2 Å². The highest BCUT2D eigenvalue weighted by Gasteiger charge is 2.15. The normalized spacial score (nSPS) is 10.7. The number of rotatable bonds is 10. The van der Waals surface area contributed by atoms with Gasteiger partial charge in [-0.2, -0.15) is 0 Å². The first-order chi connectivity index (χ1) is 15.0. The molecule has 2 heterocycles. The number of carbonyl (C=O) groups excluding carboxylic acids is 1. The summed E-state index contributed by atoms with van der Waals surface area (Å²) < 4.78 is 7.08. The van der Waals surface area contributed by atoms with Gasteiger partial charge in [0.15, 0.2) is 10.3 Å². The molecule has 0 aliphatic rings. The molecule has 0 atom stereocenters. The molecule has 3 aromatic rings. The quantitative estimate of drug-likeness (QED) is 0.279. The van der Waals surface area contributed by atoms with E-state index in [1.807, 2.05) is 24.5 Å². The number of amides is 1. The third kappa shape index (κ3) is 6.56. The summed E-state index contributed by atoms with van der Waals surface area (Å²) in [6, 6.07) is 9.13. The Labute approximate surface area is 189 Å². The first-order valence-corrected chi connectivity index (χ1v) is 11.5. The third-order valence-corrected chi connectivity index (χ3v) is 5.91. The summed E-state index contributed by atoms with van der Waals surface area (Å²) in [6.07, 6.45) is 1.78. The van der Waals surface area contributed by atoms with Crippen LogP contribution in [0.15, 0.2) is 53.3 Å². The van der Waals surface area contributed by atoms with Crippen LogP contribution in [-0.4, -0.2) is 43.5 Å². The van der Waals surface area contributed by atoms with Crippen LogP contribution in [0.4, 0.5) is 5.69 Å². The maximum atomic E-state index is 12.3. The summed E-state index contributed by atoms with van der Waals surface area (Å²) in [6.45, 7) is 8.27. The van der Waals surface area contributed by atoms with Gasteiger partial charge in [-0.3, -0.25) is 4.79 Å². The topological polar surface area (TPSA) is 94.8 Å². The maximum Gasteiger partial charge on any atom is 0.234 e. The van der Waals surface area contributed by atoms with Crippen molar-refractivity contribution in [3.63, 3.8) is 0 Å². The lowest BCUT2D eigenvalue weighted by molar-refractivity contribution is -0.113. The number of methoxy groups -OCH3 is 1. The zero-order chi connectivity index (χ0) is 22.2. The first kappa shape index (κ1) is 22.8. The summed E-state index contributed by atoms with van der Waals surface area (Å²) in [5.74, 6) is 2.19. The number of benzene rings is 1. The van der Waals surface area contributed by atoms with E-state index in [0.717, 1.165) is 23.0 Å². The molecule has 0 saturated heterocycles. The second-order valence-corrected chi connectivity index (χ2v) is 8.47. The molecule has 0 aliphatic carbocycles. The van der Waals surface area contributed by atoms with Crippen LogP contribution in [0.5, 0.6) is 5.75 Å². The van der Waals surface area contributed by atoms with Crippen molar-refractivity contribution in [1.82, 2.24) is 24.7 Å². The zero-order valence-electron chi connectivity index (χ0n) is 17.7. The van der Waals surface area contributed by atoms with Crippen molar-refractivity contribution >= 4 is 35.1 Å². The summed E-state index contributed by atoms with van der Waals surface area (Å²) in [7, 11) is 1.60. The summed E-state index contributed by atoms with van der Waals surface area (Å²) in [5, 5.41) is 12.8. The molecule has 0 bridgehead atoms. The van der Waals surface area contributed by atoms with E-state index >= 15 is 0 Å². The van der Waals surface area contributed by atoms with E-state index in [2.05, 4.69) is 32.1 Å². The van der Waals surface area contributed by atoms with Gasteiger partial charge in [-0.1, -0.05) is 29.6 Å². The molecule has 0 fully saturated rings. The molecule has 0 aliphatic heterocycles. The highest BCUT2D eigenvalue weighted by atomic mass is 32.2. The first-order valence-electron chi connectivity index (χ1n) is 9.53. The van der Waals surface area contributed by atoms with Gasteiger partial charge in [-0.25, -0.2) is 9.97 Å². The molecular formula is C21H24N6O2S2. The van der Waals surface area contributed by atoms with Gasteiger partial charge in [-0.15, -0.1) is 16.8 Å². The minimum Gasteiger partial charge on any atom is -0.497 e. The number of nitrogens with zero attached hydrogens (tertiary/aromatic N) is 5. The summed E-state index contributed by atoms with van der Waals surface area (Å²) in [4.78, 5) is 21.2. The van der Waals surface area contributed by atoms with Crippen LogP contribution < -0.4 is 10.1 Å². The fraction of sp³-hybridized carbons (Fsp3) is 0.286.